The van der Waals surface area contributed by atoms with Gasteiger partial charge in [0.1, 0.15) is 0 Å². The van der Waals surface area contributed by atoms with Crippen LogP contribution in [-0.4, -0.2) is 0 Å². The molecule has 70 valence electrons. The molecule has 0 aliphatic heterocycles. The Morgan fingerprint density at radius 1 is 1.15 bits per heavy atom. The summed E-state index contributed by atoms with van der Waals surface area (Å²) < 4.78 is 1.17. The number of rotatable bonds is 1. The zero-order valence-corrected chi connectivity index (χ0v) is 9.93. The lowest BCUT2D eigenvalue weighted by molar-refractivity contribution is 0.547. The van der Waals surface area contributed by atoms with Gasteiger partial charge in [0.05, 0.1) is 0 Å². The van der Waals surface area contributed by atoms with Crippen LogP contribution in [0.5, 0.6) is 0 Å². The zero-order chi connectivity index (χ0) is 9.90. The normalized spacial score (nSPS) is 13.1. The highest BCUT2D eigenvalue weighted by Gasteiger charge is 2.07. The van der Waals surface area contributed by atoms with Gasteiger partial charge in [-0.1, -0.05) is 73.1 Å². The molecule has 0 aliphatic rings. The van der Waals surface area contributed by atoms with Gasteiger partial charge in [-0.05, 0) is 11.0 Å². The van der Waals surface area contributed by atoms with Crippen LogP contribution < -0.4 is 0 Å². The fourth-order valence-corrected chi connectivity index (χ4v) is 2.01. The number of hydrogen-bond donors (Lipinski definition) is 0. The lowest BCUT2D eigenvalue weighted by Crippen LogP contribution is -1.99. The zero-order valence-electron chi connectivity index (χ0n) is 8.34. The van der Waals surface area contributed by atoms with Crippen LogP contribution in [-0.2, 0) is 0 Å². The molecule has 13 heavy (non-hydrogen) atoms. The number of hydrogen-bond acceptors (Lipinski definition) is 0. The molecule has 0 heterocycles. The summed E-state index contributed by atoms with van der Waals surface area (Å²) in [4.78, 5) is 0. The van der Waals surface area contributed by atoms with Crippen LogP contribution in [0.2, 0.25) is 0 Å². The molecule has 0 saturated heterocycles. The van der Waals surface area contributed by atoms with Crippen LogP contribution in [0.15, 0.2) is 36.4 Å². The molecule has 0 N–H and O–H groups in total. The first-order valence-electron chi connectivity index (χ1n) is 4.43. The van der Waals surface area contributed by atoms with Crippen molar-refractivity contribution in [3.8, 4) is 0 Å². The molecule has 1 aromatic carbocycles. The quantitative estimate of drug-likeness (QED) is 0.678. The van der Waals surface area contributed by atoms with E-state index in [0.29, 0.717) is 0 Å². The molecule has 0 aliphatic carbocycles. The predicted octanol–water partition coefficient (Wildman–Crippen LogP) is 4.47. The summed E-state index contributed by atoms with van der Waals surface area (Å²) in [6, 6.07) is 10.3. The Bertz CT molecular complexity index is 291. The summed E-state index contributed by atoms with van der Waals surface area (Å²) in [5, 5.41) is 0. The third-order valence-corrected chi connectivity index (χ3v) is 2.30. The van der Waals surface area contributed by atoms with Gasteiger partial charge in [0.15, 0.2) is 0 Å². The van der Waals surface area contributed by atoms with Crippen molar-refractivity contribution in [2.24, 2.45) is 5.41 Å². The van der Waals surface area contributed by atoms with Crippen molar-refractivity contribution >= 4 is 20.4 Å². The summed E-state index contributed by atoms with van der Waals surface area (Å²) in [6.07, 6.45) is 2.22. The topological polar surface area (TPSA) is 0 Å². The maximum Gasteiger partial charge on any atom is 0.0213 e. The first-order valence-corrected chi connectivity index (χ1v) is 5.22. The van der Waals surface area contributed by atoms with E-state index in [1.165, 1.54) is 10.0 Å². The molecule has 1 aromatic rings. The van der Waals surface area contributed by atoms with Gasteiger partial charge >= 0.3 is 0 Å². The largest absolute Gasteiger partial charge is 0.0643 e. The summed E-state index contributed by atoms with van der Waals surface area (Å²) in [6.45, 7) is 6.57. The highest BCUT2D eigenvalue weighted by Crippen LogP contribution is 2.27. The van der Waals surface area contributed by atoms with Crippen molar-refractivity contribution in [3.63, 3.8) is 0 Å². The van der Waals surface area contributed by atoms with Gasteiger partial charge in [-0.3, -0.25) is 0 Å². The predicted molar refractivity (Wildman–Crippen MR) is 62.8 cm³/mol. The van der Waals surface area contributed by atoms with E-state index in [1.54, 1.807) is 0 Å². The lowest BCUT2D eigenvalue weighted by Gasteiger charge is -2.13. The Hall–Kier alpha value is -0.560. The van der Waals surface area contributed by atoms with Crippen LogP contribution >= 0.6 is 15.9 Å². The number of benzene rings is 1. The highest BCUT2D eigenvalue weighted by molar-refractivity contribution is 9.15. The van der Waals surface area contributed by atoms with Gasteiger partial charge < -0.3 is 0 Å². The van der Waals surface area contributed by atoms with E-state index in [4.69, 9.17) is 0 Å². The van der Waals surface area contributed by atoms with E-state index in [0.717, 1.165) is 0 Å². The van der Waals surface area contributed by atoms with Crippen molar-refractivity contribution < 1.29 is 0 Å². The molecule has 0 bridgehead atoms. The first-order chi connectivity index (χ1) is 5.99. The van der Waals surface area contributed by atoms with Gasteiger partial charge in [-0.15, -0.1) is 0 Å². The minimum atomic E-state index is 0.217. The van der Waals surface area contributed by atoms with Gasteiger partial charge in [0, 0.05) is 4.48 Å². The summed E-state index contributed by atoms with van der Waals surface area (Å²) in [5.74, 6) is 0. The SMILES string of the molecule is CC(C)(C)/C=C(\Br)c1ccccc1. The van der Waals surface area contributed by atoms with Gasteiger partial charge in [0.2, 0.25) is 0 Å². The first kappa shape index (κ1) is 10.5. The monoisotopic (exact) mass is 238 g/mol. The fraction of sp³-hybridized carbons (Fsp3) is 0.333. The highest BCUT2D eigenvalue weighted by atomic mass is 79.9. The Labute approximate surface area is 88.8 Å². The Kier molecular flexibility index (Phi) is 3.32. The maximum absolute atomic E-state index is 3.58. The van der Waals surface area contributed by atoms with E-state index in [9.17, 15) is 0 Å². The molecule has 1 rings (SSSR count). The minimum absolute atomic E-state index is 0.217. The average molecular weight is 239 g/mol. The molecule has 0 radical (unpaired) electrons. The summed E-state index contributed by atoms with van der Waals surface area (Å²) in [5.41, 5.74) is 1.45. The van der Waals surface area contributed by atoms with Gasteiger partial charge in [-0.25, -0.2) is 0 Å². The molecule has 0 aromatic heterocycles. The van der Waals surface area contributed by atoms with Crippen molar-refractivity contribution in [2.45, 2.75) is 20.8 Å². The van der Waals surface area contributed by atoms with E-state index in [1.807, 2.05) is 18.2 Å². The Balaban J connectivity index is 2.92. The molecular formula is C12H15Br. The molecule has 0 atom stereocenters. The van der Waals surface area contributed by atoms with Crippen LogP contribution in [0.3, 0.4) is 0 Å². The molecule has 1 heteroatoms. The number of allylic oxidation sites excluding steroid dienone is 1. The molecule has 0 nitrogen and oxygen atoms in total. The molecule has 0 spiro atoms. The second-order valence-corrected chi connectivity index (χ2v) is 5.08. The summed E-state index contributed by atoms with van der Waals surface area (Å²) >= 11 is 3.58. The maximum atomic E-state index is 3.58. The Morgan fingerprint density at radius 2 is 1.69 bits per heavy atom. The van der Waals surface area contributed by atoms with E-state index in [-0.39, 0.29) is 5.41 Å². The lowest BCUT2D eigenvalue weighted by atomic mass is 9.95. The van der Waals surface area contributed by atoms with Crippen molar-refractivity contribution in [1.29, 1.82) is 0 Å². The van der Waals surface area contributed by atoms with Crippen molar-refractivity contribution in [3.05, 3.63) is 42.0 Å². The van der Waals surface area contributed by atoms with Crippen LogP contribution in [0.25, 0.3) is 4.48 Å². The molecule has 0 unspecified atom stereocenters. The summed E-state index contributed by atoms with van der Waals surface area (Å²) in [7, 11) is 0. The van der Waals surface area contributed by atoms with Crippen molar-refractivity contribution in [2.75, 3.05) is 0 Å². The average Bonchev–Trinajstić information content (AvgIpc) is 2.03. The molecule has 0 amide bonds. The smallest absolute Gasteiger partial charge is 0.0213 e. The third-order valence-electron chi connectivity index (χ3n) is 1.61. The Morgan fingerprint density at radius 3 is 2.15 bits per heavy atom. The molecule has 0 saturated carbocycles. The fourth-order valence-electron chi connectivity index (χ4n) is 1.06. The minimum Gasteiger partial charge on any atom is -0.0643 e. The van der Waals surface area contributed by atoms with Crippen LogP contribution in [0, 0.1) is 5.41 Å². The second-order valence-electron chi connectivity index (χ2n) is 4.22. The van der Waals surface area contributed by atoms with Crippen LogP contribution in [0.4, 0.5) is 0 Å². The van der Waals surface area contributed by atoms with E-state index < -0.39 is 0 Å². The standard InChI is InChI=1S/C12H15Br/c1-12(2,3)9-11(13)10-7-5-4-6-8-10/h4-9H,1-3H3/b11-9-. The second kappa shape index (κ2) is 4.10. The van der Waals surface area contributed by atoms with E-state index >= 15 is 0 Å². The van der Waals surface area contributed by atoms with Gasteiger partial charge in [-0.2, -0.15) is 0 Å². The molecule has 0 fully saturated rings. The third kappa shape index (κ3) is 3.77. The van der Waals surface area contributed by atoms with E-state index in [2.05, 4.69) is 54.9 Å². The molecular weight excluding hydrogens is 224 g/mol. The van der Waals surface area contributed by atoms with Gasteiger partial charge in [0.25, 0.3) is 0 Å². The number of halogens is 1. The van der Waals surface area contributed by atoms with Crippen molar-refractivity contribution in [1.82, 2.24) is 0 Å². The van der Waals surface area contributed by atoms with Crippen LogP contribution in [0.1, 0.15) is 26.3 Å².